The van der Waals surface area contributed by atoms with Crippen LogP contribution in [0.4, 0.5) is 0 Å². The van der Waals surface area contributed by atoms with Gasteiger partial charge in [0.05, 0.1) is 21.7 Å². The quantitative estimate of drug-likeness (QED) is 0.766. The summed E-state index contributed by atoms with van der Waals surface area (Å²) in [6, 6.07) is 12.7. The minimum absolute atomic E-state index is 0.0663. The van der Waals surface area contributed by atoms with Gasteiger partial charge >= 0.3 is 5.97 Å². The summed E-state index contributed by atoms with van der Waals surface area (Å²) in [6.45, 7) is 1.54. The van der Waals surface area contributed by atoms with Gasteiger partial charge in [0.25, 0.3) is 5.91 Å². The molecule has 2 aromatic carbocycles. The van der Waals surface area contributed by atoms with Gasteiger partial charge in [-0.1, -0.05) is 53.5 Å². The topological polar surface area (TPSA) is 55.4 Å². The van der Waals surface area contributed by atoms with Crippen molar-refractivity contribution in [2.24, 2.45) is 0 Å². The van der Waals surface area contributed by atoms with Crippen LogP contribution in [0.1, 0.15) is 47.3 Å². The summed E-state index contributed by atoms with van der Waals surface area (Å²) in [5.74, 6) is -1.01. The Labute approximate surface area is 162 Å². The first-order valence-corrected chi connectivity index (χ1v) is 9.26. The molecule has 0 saturated carbocycles. The SMILES string of the molecule is C[C@H](OC(=O)c1cccc(Cl)c1Cl)C(=O)N[C@H]1CCCc2ccccc21. The predicted octanol–water partition coefficient (Wildman–Crippen LogP) is 4.73. The maximum absolute atomic E-state index is 12.5. The second kappa shape index (κ2) is 8.11. The molecule has 6 heteroatoms. The molecule has 136 valence electrons. The first kappa shape index (κ1) is 18.7. The summed E-state index contributed by atoms with van der Waals surface area (Å²) in [4.78, 5) is 24.8. The lowest BCUT2D eigenvalue weighted by molar-refractivity contribution is -0.130. The monoisotopic (exact) mass is 391 g/mol. The van der Waals surface area contributed by atoms with E-state index in [2.05, 4.69) is 11.4 Å². The third-order valence-electron chi connectivity index (χ3n) is 4.51. The van der Waals surface area contributed by atoms with Crippen LogP contribution >= 0.6 is 23.2 Å². The molecule has 26 heavy (non-hydrogen) atoms. The van der Waals surface area contributed by atoms with E-state index in [1.165, 1.54) is 11.6 Å². The number of carbonyl (C=O) groups is 2. The highest BCUT2D eigenvalue weighted by Crippen LogP contribution is 2.30. The lowest BCUT2D eigenvalue weighted by atomic mass is 9.87. The smallest absolute Gasteiger partial charge is 0.340 e. The van der Waals surface area contributed by atoms with Gasteiger partial charge in [-0.25, -0.2) is 4.79 Å². The van der Waals surface area contributed by atoms with E-state index in [0.29, 0.717) is 0 Å². The molecule has 0 spiro atoms. The molecule has 3 rings (SSSR count). The Morgan fingerprint density at radius 1 is 1.15 bits per heavy atom. The molecule has 0 aromatic heterocycles. The molecular formula is C20H19Cl2NO3. The molecule has 1 aliphatic rings. The number of halogens is 2. The van der Waals surface area contributed by atoms with Crippen molar-refractivity contribution in [1.29, 1.82) is 0 Å². The Morgan fingerprint density at radius 3 is 2.73 bits per heavy atom. The van der Waals surface area contributed by atoms with Gasteiger partial charge in [0.15, 0.2) is 6.10 Å². The second-order valence-corrected chi connectivity index (χ2v) is 7.09. The number of esters is 1. The molecule has 0 fully saturated rings. The minimum Gasteiger partial charge on any atom is -0.449 e. The number of hydrogen-bond acceptors (Lipinski definition) is 3. The third-order valence-corrected chi connectivity index (χ3v) is 5.33. The van der Waals surface area contributed by atoms with Gasteiger partial charge in [0.1, 0.15) is 0 Å². The summed E-state index contributed by atoms with van der Waals surface area (Å²) in [7, 11) is 0. The van der Waals surface area contributed by atoms with E-state index in [1.54, 1.807) is 19.1 Å². The van der Waals surface area contributed by atoms with Gasteiger partial charge in [0.2, 0.25) is 0 Å². The molecule has 0 unspecified atom stereocenters. The van der Waals surface area contributed by atoms with Crippen LogP contribution in [-0.2, 0) is 16.0 Å². The zero-order valence-corrected chi connectivity index (χ0v) is 15.8. The van der Waals surface area contributed by atoms with Crippen molar-refractivity contribution < 1.29 is 14.3 Å². The van der Waals surface area contributed by atoms with Crippen molar-refractivity contribution in [2.75, 3.05) is 0 Å². The fraction of sp³-hybridized carbons (Fsp3) is 0.300. The van der Waals surface area contributed by atoms with E-state index >= 15 is 0 Å². The lowest BCUT2D eigenvalue weighted by Crippen LogP contribution is -2.39. The first-order chi connectivity index (χ1) is 12.5. The number of ether oxygens (including phenoxy) is 1. The summed E-state index contributed by atoms with van der Waals surface area (Å²) in [5, 5.41) is 3.36. The van der Waals surface area contributed by atoms with Crippen LogP contribution in [-0.4, -0.2) is 18.0 Å². The number of rotatable bonds is 4. The largest absolute Gasteiger partial charge is 0.449 e. The number of nitrogens with one attached hydrogen (secondary N) is 1. The lowest BCUT2D eigenvalue weighted by Gasteiger charge is -2.27. The number of hydrogen-bond donors (Lipinski definition) is 1. The number of amides is 1. The molecule has 0 bridgehead atoms. The zero-order chi connectivity index (χ0) is 18.7. The van der Waals surface area contributed by atoms with E-state index in [9.17, 15) is 9.59 Å². The minimum atomic E-state index is -0.938. The van der Waals surface area contributed by atoms with Crippen molar-refractivity contribution >= 4 is 35.1 Å². The molecule has 0 radical (unpaired) electrons. The van der Waals surface area contributed by atoms with Crippen LogP contribution in [0.5, 0.6) is 0 Å². The maximum Gasteiger partial charge on any atom is 0.340 e. The molecule has 1 aliphatic carbocycles. The molecule has 2 aromatic rings. The average Bonchev–Trinajstić information content (AvgIpc) is 2.64. The highest BCUT2D eigenvalue weighted by atomic mass is 35.5. The van der Waals surface area contributed by atoms with Gasteiger partial charge in [-0.3, -0.25) is 4.79 Å². The number of fused-ring (bicyclic) bond motifs is 1. The molecule has 0 aliphatic heterocycles. The summed E-state index contributed by atoms with van der Waals surface area (Å²) < 4.78 is 5.27. The Kier molecular flexibility index (Phi) is 5.84. The summed E-state index contributed by atoms with van der Waals surface area (Å²) >= 11 is 11.9. The Bertz CT molecular complexity index is 838. The van der Waals surface area contributed by atoms with Crippen molar-refractivity contribution in [3.63, 3.8) is 0 Å². The molecular weight excluding hydrogens is 373 g/mol. The number of carbonyl (C=O) groups excluding carboxylic acids is 2. The van der Waals surface area contributed by atoms with Crippen LogP contribution in [0.25, 0.3) is 0 Å². The average molecular weight is 392 g/mol. The van der Waals surface area contributed by atoms with Crippen molar-refractivity contribution in [1.82, 2.24) is 5.32 Å². The number of benzene rings is 2. The maximum atomic E-state index is 12.5. The van der Waals surface area contributed by atoms with Crippen LogP contribution in [0.15, 0.2) is 42.5 Å². The van der Waals surface area contributed by atoms with Crippen LogP contribution in [0.2, 0.25) is 10.0 Å². The van der Waals surface area contributed by atoms with Crippen molar-refractivity contribution in [3.8, 4) is 0 Å². The standard InChI is InChI=1S/C20H19Cl2NO3/c1-12(26-20(25)15-9-5-10-16(21)18(15)22)19(24)23-17-11-4-7-13-6-2-3-8-14(13)17/h2-3,5-6,8-10,12,17H,4,7,11H2,1H3,(H,23,24)/t12-,17-/m0/s1. The highest BCUT2D eigenvalue weighted by Gasteiger charge is 2.26. The number of aryl methyl sites for hydroxylation is 1. The first-order valence-electron chi connectivity index (χ1n) is 8.50. The van der Waals surface area contributed by atoms with Crippen LogP contribution in [0, 0.1) is 0 Å². The van der Waals surface area contributed by atoms with Crippen molar-refractivity contribution in [2.45, 2.75) is 38.3 Å². The van der Waals surface area contributed by atoms with E-state index in [-0.39, 0.29) is 27.6 Å². The zero-order valence-electron chi connectivity index (χ0n) is 14.3. The van der Waals surface area contributed by atoms with Gasteiger partial charge in [0, 0.05) is 0 Å². The van der Waals surface area contributed by atoms with E-state index in [4.69, 9.17) is 27.9 Å². The fourth-order valence-electron chi connectivity index (χ4n) is 3.13. The van der Waals surface area contributed by atoms with Gasteiger partial charge in [-0.15, -0.1) is 0 Å². The molecule has 0 heterocycles. The summed E-state index contributed by atoms with van der Waals surface area (Å²) in [6.07, 6.45) is 1.95. The van der Waals surface area contributed by atoms with Gasteiger partial charge in [-0.05, 0) is 49.4 Å². The highest BCUT2D eigenvalue weighted by molar-refractivity contribution is 6.43. The predicted molar refractivity (Wildman–Crippen MR) is 102 cm³/mol. The van der Waals surface area contributed by atoms with Crippen LogP contribution < -0.4 is 5.32 Å². The Morgan fingerprint density at radius 2 is 1.92 bits per heavy atom. The van der Waals surface area contributed by atoms with Gasteiger partial charge in [-0.2, -0.15) is 0 Å². The fourth-order valence-corrected chi connectivity index (χ4v) is 3.51. The van der Waals surface area contributed by atoms with Crippen LogP contribution in [0.3, 0.4) is 0 Å². The Hall–Kier alpha value is -2.04. The van der Waals surface area contributed by atoms with E-state index in [0.717, 1.165) is 24.8 Å². The summed E-state index contributed by atoms with van der Waals surface area (Å²) in [5.41, 5.74) is 2.52. The third kappa shape index (κ3) is 4.02. The molecule has 1 amide bonds. The molecule has 4 nitrogen and oxygen atoms in total. The van der Waals surface area contributed by atoms with E-state index < -0.39 is 12.1 Å². The van der Waals surface area contributed by atoms with Crippen molar-refractivity contribution in [3.05, 3.63) is 69.2 Å². The molecule has 1 N–H and O–H groups in total. The normalized spacial score (nSPS) is 17.1. The molecule has 0 saturated heterocycles. The van der Waals surface area contributed by atoms with Gasteiger partial charge < -0.3 is 10.1 Å². The molecule has 2 atom stereocenters. The Balaban J connectivity index is 1.65. The van der Waals surface area contributed by atoms with E-state index in [1.807, 2.05) is 18.2 Å². The second-order valence-electron chi connectivity index (χ2n) is 6.30.